The molecule has 0 unspecified atom stereocenters. The molecule has 2 aromatic heterocycles. The van der Waals surface area contributed by atoms with E-state index in [1.165, 1.54) is 18.5 Å². The molecule has 0 bridgehead atoms. The Kier molecular flexibility index (Phi) is 4.08. The molecule has 7 nitrogen and oxygen atoms in total. The van der Waals surface area contributed by atoms with Crippen molar-refractivity contribution >= 4 is 5.95 Å². The summed E-state index contributed by atoms with van der Waals surface area (Å²) in [7, 11) is 0. The molecule has 1 fully saturated rings. The summed E-state index contributed by atoms with van der Waals surface area (Å²) in [6.07, 6.45) is 6.51. The molecule has 0 atom stereocenters. The maximum absolute atomic E-state index is 14.3. The van der Waals surface area contributed by atoms with Gasteiger partial charge >= 0.3 is 0 Å². The van der Waals surface area contributed by atoms with Crippen molar-refractivity contribution in [2.45, 2.75) is 24.7 Å². The fraction of sp³-hybridized carbons (Fsp3) is 0.222. The Bertz CT molecular complexity index is 983. The molecule has 1 aromatic carbocycles. The zero-order chi connectivity index (χ0) is 18.1. The third kappa shape index (κ3) is 3.26. The summed E-state index contributed by atoms with van der Waals surface area (Å²) in [5, 5.41) is 0. The quantitative estimate of drug-likeness (QED) is 0.747. The van der Waals surface area contributed by atoms with E-state index in [-0.39, 0.29) is 29.1 Å². The van der Waals surface area contributed by atoms with Crippen molar-refractivity contribution in [2.75, 3.05) is 5.73 Å². The summed E-state index contributed by atoms with van der Waals surface area (Å²) >= 11 is 0. The Balaban J connectivity index is 1.44. The lowest BCUT2D eigenvalue weighted by Gasteiger charge is -2.35. The molecule has 26 heavy (non-hydrogen) atoms. The van der Waals surface area contributed by atoms with Crippen LogP contribution in [0.25, 0.3) is 0 Å². The van der Waals surface area contributed by atoms with Crippen LogP contribution in [0.3, 0.4) is 0 Å². The Morgan fingerprint density at radius 1 is 1.08 bits per heavy atom. The molecule has 3 N–H and O–H groups in total. The van der Waals surface area contributed by atoms with Crippen LogP contribution >= 0.6 is 0 Å². The van der Waals surface area contributed by atoms with Crippen molar-refractivity contribution in [3.05, 3.63) is 70.3 Å². The highest BCUT2D eigenvalue weighted by Gasteiger charge is 2.32. The van der Waals surface area contributed by atoms with E-state index in [0.29, 0.717) is 5.92 Å². The maximum atomic E-state index is 14.3. The minimum Gasteiger partial charge on any atom is -0.436 e. The normalized spacial score (nSPS) is 19.0. The first-order valence-electron chi connectivity index (χ1n) is 8.18. The van der Waals surface area contributed by atoms with Crippen LogP contribution in [0.5, 0.6) is 11.6 Å². The number of hydrogen-bond donors (Lipinski definition) is 2. The van der Waals surface area contributed by atoms with Crippen LogP contribution in [0, 0.1) is 5.82 Å². The molecule has 2 heterocycles. The molecule has 4 rings (SSSR count). The van der Waals surface area contributed by atoms with Gasteiger partial charge in [-0.3, -0.25) is 4.79 Å². The first-order chi connectivity index (χ1) is 12.6. The monoisotopic (exact) mass is 353 g/mol. The fourth-order valence-electron chi connectivity index (χ4n) is 3.09. The third-order valence-corrected chi connectivity index (χ3v) is 4.60. The highest BCUT2D eigenvalue weighted by molar-refractivity contribution is 5.36. The van der Waals surface area contributed by atoms with Crippen LogP contribution in [0.4, 0.5) is 10.3 Å². The smallest absolute Gasteiger partial charge is 0.254 e. The summed E-state index contributed by atoms with van der Waals surface area (Å²) in [4.78, 5) is 25.5. The topological polar surface area (TPSA) is 107 Å². The summed E-state index contributed by atoms with van der Waals surface area (Å²) in [5.74, 6) is 0.502. The van der Waals surface area contributed by atoms with Gasteiger partial charge in [-0.2, -0.15) is 0 Å². The SMILES string of the molecule is Nc1ncc(C2CC(c3ccc(Oc4cc(=O)[nH]cn4)c(F)c3)C2)cn1. The standard InChI is InChI=1S/C18H16FN5O2/c19-14-5-10(1-2-15(14)26-17-6-16(25)23-9-24-17)11-3-12(4-11)13-7-21-18(20)22-8-13/h1-2,5-9,11-12H,3-4H2,(H2,20,21,22)(H,23,24,25). The number of rotatable bonds is 4. The number of H-pyrrole nitrogens is 1. The van der Waals surface area contributed by atoms with Gasteiger partial charge in [-0.1, -0.05) is 6.07 Å². The predicted molar refractivity (Wildman–Crippen MR) is 92.5 cm³/mol. The lowest BCUT2D eigenvalue weighted by Crippen LogP contribution is -2.20. The van der Waals surface area contributed by atoms with Gasteiger partial charge in [0.05, 0.1) is 12.4 Å². The Labute approximate surface area is 148 Å². The van der Waals surface area contributed by atoms with Crippen molar-refractivity contribution in [1.29, 1.82) is 0 Å². The van der Waals surface area contributed by atoms with Gasteiger partial charge < -0.3 is 15.5 Å². The molecule has 8 heteroatoms. The van der Waals surface area contributed by atoms with Crippen LogP contribution in [0.15, 0.2) is 47.8 Å². The van der Waals surface area contributed by atoms with Crippen LogP contribution in [0.1, 0.15) is 35.8 Å². The van der Waals surface area contributed by atoms with Crippen molar-refractivity contribution in [3.8, 4) is 11.6 Å². The molecule has 0 saturated heterocycles. The van der Waals surface area contributed by atoms with Gasteiger partial charge in [-0.15, -0.1) is 0 Å². The number of benzene rings is 1. The van der Waals surface area contributed by atoms with Crippen LogP contribution in [0.2, 0.25) is 0 Å². The molecule has 1 aliphatic rings. The average molecular weight is 353 g/mol. The lowest BCUT2D eigenvalue weighted by atomic mass is 9.69. The van der Waals surface area contributed by atoms with Gasteiger partial charge in [0, 0.05) is 12.4 Å². The highest BCUT2D eigenvalue weighted by atomic mass is 19.1. The second-order valence-corrected chi connectivity index (χ2v) is 6.28. The number of nitrogens with zero attached hydrogens (tertiary/aromatic N) is 3. The summed E-state index contributed by atoms with van der Waals surface area (Å²) in [6, 6.07) is 6.04. The van der Waals surface area contributed by atoms with Crippen LogP contribution < -0.4 is 16.0 Å². The van der Waals surface area contributed by atoms with E-state index in [4.69, 9.17) is 10.5 Å². The number of nitrogens with one attached hydrogen (secondary N) is 1. The molecular weight excluding hydrogens is 337 g/mol. The van der Waals surface area contributed by atoms with E-state index >= 15 is 0 Å². The van der Waals surface area contributed by atoms with Gasteiger partial charge in [0.1, 0.15) is 0 Å². The molecule has 1 saturated carbocycles. The van der Waals surface area contributed by atoms with Gasteiger partial charge in [0.2, 0.25) is 11.8 Å². The van der Waals surface area contributed by atoms with Crippen molar-refractivity contribution in [3.63, 3.8) is 0 Å². The fourth-order valence-corrected chi connectivity index (χ4v) is 3.09. The first kappa shape index (κ1) is 16.2. The molecule has 3 aromatic rings. The minimum atomic E-state index is -0.483. The number of halogens is 1. The molecule has 132 valence electrons. The van der Waals surface area contributed by atoms with Gasteiger partial charge in [0.25, 0.3) is 5.56 Å². The summed E-state index contributed by atoms with van der Waals surface area (Å²) in [5.41, 5.74) is 7.11. The van der Waals surface area contributed by atoms with Gasteiger partial charge in [-0.05, 0) is 47.9 Å². The molecule has 0 aliphatic heterocycles. The number of hydrogen-bond acceptors (Lipinski definition) is 6. The van der Waals surface area contributed by atoms with Crippen molar-refractivity contribution in [1.82, 2.24) is 19.9 Å². The minimum absolute atomic E-state index is 0.0367. The Morgan fingerprint density at radius 2 is 1.81 bits per heavy atom. The number of nitrogens with two attached hydrogens (primary N) is 1. The number of anilines is 1. The van der Waals surface area contributed by atoms with E-state index in [1.807, 2.05) is 6.07 Å². The Morgan fingerprint density at radius 3 is 2.50 bits per heavy atom. The number of ether oxygens (including phenoxy) is 1. The summed E-state index contributed by atoms with van der Waals surface area (Å²) in [6.45, 7) is 0. The third-order valence-electron chi connectivity index (χ3n) is 4.60. The van der Waals surface area contributed by atoms with Gasteiger partial charge in [0.15, 0.2) is 11.6 Å². The van der Waals surface area contributed by atoms with E-state index in [0.717, 1.165) is 24.0 Å². The zero-order valence-electron chi connectivity index (χ0n) is 13.7. The first-order valence-corrected chi connectivity index (χ1v) is 8.18. The maximum Gasteiger partial charge on any atom is 0.254 e. The lowest BCUT2D eigenvalue weighted by molar-refractivity contribution is 0.348. The van der Waals surface area contributed by atoms with Gasteiger partial charge in [-0.25, -0.2) is 19.3 Å². The van der Waals surface area contributed by atoms with Crippen LogP contribution in [-0.2, 0) is 0 Å². The van der Waals surface area contributed by atoms with E-state index < -0.39 is 5.82 Å². The molecule has 0 amide bonds. The van der Waals surface area contributed by atoms with E-state index in [1.54, 1.807) is 18.5 Å². The van der Waals surface area contributed by atoms with Crippen molar-refractivity contribution < 1.29 is 9.13 Å². The molecule has 0 radical (unpaired) electrons. The highest BCUT2D eigenvalue weighted by Crippen LogP contribution is 2.47. The Hall–Kier alpha value is -3.29. The zero-order valence-corrected chi connectivity index (χ0v) is 13.7. The molecule has 0 spiro atoms. The second-order valence-electron chi connectivity index (χ2n) is 6.28. The predicted octanol–water partition coefficient (Wildman–Crippen LogP) is 2.73. The average Bonchev–Trinajstić information content (AvgIpc) is 2.58. The largest absolute Gasteiger partial charge is 0.436 e. The van der Waals surface area contributed by atoms with E-state index in [9.17, 15) is 9.18 Å². The number of aromatic amines is 1. The van der Waals surface area contributed by atoms with Crippen LogP contribution in [-0.4, -0.2) is 19.9 Å². The molecule has 1 aliphatic carbocycles. The number of aromatic nitrogens is 4. The summed E-state index contributed by atoms with van der Waals surface area (Å²) < 4.78 is 19.7. The second kappa shape index (κ2) is 6.55. The van der Waals surface area contributed by atoms with Crippen molar-refractivity contribution in [2.24, 2.45) is 0 Å². The number of nitrogen functional groups attached to an aromatic ring is 1. The molecular formula is C18H16FN5O2. The van der Waals surface area contributed by atoms with E-state index in [2.05, 4.69) is 19.9 Å².